The molecule has 0 fully saturated rings. The van der Waals surface area contributed by atoms with E-state index in [2.05, 4.69) is 15.2 Å². The number of aromatic nitrogens is 4. The van der Waals surface area contributed by atoms with E-state index in [0.29, 0.717) is 24.4 Å². The Labute approximate surface area is 123 Å². The third kappa shape index (κ3) is 3.48. The van der Waals surface area contributed by atoms with Crippen molar-refractivity contribution in [3.63, 3.8) is 0 Å². The molecule has 0 aliphatic heterocycles. The summed E-state index contributed by atoms with van der Waals surface area (Å²) >= 11 is 0. The average molecular weight is 313 g/mol. The first-order valence-electron chi connectivity index (χ1n) is 6.66. The van der Waals surface area contributed by atoms with Crippen LogP contribution in [0.4, 0.5) is 0 Å². The summed E-state index contributed by atoms with van der Waals surface area (Å²) in [5.74, 6) is 0.0733. The van der Waals surface area contributed by atoms with Crippen LogP contribution in [0.15, 0.2) is 12.4 Å². The van der Waals surface area contributed by atoms with E-state index in [1.807, 2.05) is 20.8 Å². The quantitative estimate of drug-likeness (QED) is 0.838. The molecule has 0 aliphatic rings. The molecule has 116 valence electrons. The first kappa shape index (κ1) is 15.6. The van der Waals surface area contributed by atoms with Gasteiger partial charge in [-0.05, 0) is 25.8 Å². The molecular weight excluding hydrogens is 294 g/mol. The van der Waals surface area contributed by atoms with E-state index < -0.39 is 15.6 Å². The van der Waals surface area contributed by atoms with Crippen molar-refractivity contribution in [2.45, 2.75) is 39.2 Å². The molecule has 2 rings (SSSR count). The maximum Gasteiger partial charge on any atom is 0.237 e. The molecule has 0 radical (unpaired) electrons. The van der Waals surface area contributed by atoms with E-state index in [1.165, 1.54) is 11.0 Å². The minimum atomic E-state index is -3.66. The molecule has 0 saturated heterocycles. The van der Waals surface area contributed by atoms with Crippen LogP contribution in [-0.4, -0.2) is 39.6 Å². The summed E-state index contributed by atoms with van der Waals surface area (Å²) in [5.41, 5.74) is 0.459. The van der Waals surface area contributed by atoms with Crippen LogP contribution >= 0.6 is 0 Å². The second kappa shape index (κ2) is 5.57. The Bertz CT molecular complexity index is 736. The lowest BCUT2D eigenvalue weighted by molar-refractivity contribution is 0.0751. The number of nitrogens with zero attached hydrogens (tertiary/aromatic N) is 4. The number of hydrogen-bond acceptors (Lipinski definition) is 6. The lowest BCUT2D eigenvalue weighted by Crippen LogP contribution is -2.44. The topological polar surface area (TPSA) is 112 Å². The summed E-state index contributed by atoms with van der Waals surface area (Å²) in [6.45, 7) is 5.54. The van der Waals surface area contributed by atoms with Crippen molar-refractivity contribution in [3.05, 3.63) is 18.0 Å². The standard InChI is InChI=1S/C12H19N5O3S/c1-4-12(5-2,7-21(13,18)19)20-11-9(3)6-10-14-8-15-17(10)16-11/h6,8H,4-5,7H2,1-3H3,(H2,13,18,19). The average Bonchev–Trinajstić information content (AvgIpc) is 2.83. The summed E-state index contributed by atoms with van der Waals surface area (Å²) < 4.78 is 30.2. The highest BCUT2D eigenvalue weighted by atomic mass is 32.2. The first-order valence-corrected chi connectivity index (χ1v) is 8.37. The van der Waals surface area contributed by atoms with Crippen molar-refractivity contribution in [3.8, 4) is 5.88 Å². The smallest absolute Gasteiger partial charge is 0.237 e. The molecule has 9 heteroatoms. The third-order valence-electron chi connectivity index (χ3n) is 3.49. The molecule has 0 aromatic carbocycles. The second-order valence-corrected chi connectivity index (χ2v) is 6.65. The number of aryl methyl sites for hydroxylation is 1. The van der Waals surface area contributed by atoms with Gasteiger partial charge in [0.05, 0.1) is 0 Å². The summed E-state index contributed by atoms with van der Waals surface area (Å²) in [6.07, 6.45) is 2.38. The Morgan fingerprint density at radius 3 is 2.62 bits per heavy atom. The fraction of sp³-hybridized carbons (Fsp3) is 0.583. The molecule has 0 atom stereocenters. The Kier molecular flexibility index (Phi) is 4.15. The molecular formula is C12H19N5O3S. The van der Waals surface area contributed by atoms with E-state index in [9.17, 15) is 8.42 Å². The largest absolute Gasteiger partial charge is 0.469 e. The number of sulfonamides is 1. The van der Waals surface area contributed by atoms with Gasteiger partial charge in [0.15, 0.2) is 5.65 Å². The molecule has 0 spiro atoms. The van der Waals surface area contributed by atoms with Gasteiger partial charge in [0.1, 0.15) is 17.7 Å². The van der Waals surface area contributed by atoms with Gasteiger partial charge in [-0.3, -0.25) is 0 Å². The van der Waals surface area contributed by atoms with Gasteiger partial charge in [-0.2, -0.15) is 0 Å². The lowest BCUT2D eigenvalue weighted by atomic mass is 10.00. The molecule has 0 saturated carbocycles. The van der Waals surface area contributed by atoms with Gasteiger partial charge in [0.25, 0.3) is 0 Å². The molecule has 0 bridgehead atoms. The zero-order valence-corrected chi connectivity index (χ0v) is 13.1. The van der Waals surface area contributed by atoms with Gasteiger partial charge >= 0.3 is 0 Å². The molecule has 0 aliphatic carbocycles. The van der Waals surface area contributed by atoms with Crippen LogP contribution in [0.5, 0.6) is 5.88 Å². The number of fused-ring (bicyclic) bond motifs is 1. The molecule has 0 unspecified atom stereocenters. The Morgan fingerprint density at radius 2 is 2.05 bits per heavy atom. The highest BCUT2D eigenvalue weighted by molar-refractivity contribution is 7.89. The van der Waals surface area contributed by atoms with Crippen LogP contribution in [0, 0.1) is 6.92 Å². The van der Waals surface area contributed by atoms with Crippen molar-refractivity contribution in [2.75, 3.05) is 5.75 Å². The molecule has 2 aromatic rings. The van der Waals surface area contributed by atoms with Crippen molar-refractivity contribution < 1.29 is 13.2 Å². The van der Waals surface area contributed by atoms with Gasteiger partial charge in [-0.1, -0.05) is 13.8 Å². The Morgan fingerprint density at radius 1 is 1.38 bits per heavy atom. The third-order valence-corrected chi connectivity index (χ3v) is 4.42. The van der Waals surface area contributed by atoms with Crippen molar-refractivity contribution in [1.29, 1.82) is 0 Å². The summed E-state index contributed by atoms with van der Waals surface area (Å²) in [5, 5.41) is 13.4. The van der Waals surface area contributed by atoms with Gasteiger partial charge in [-0.25, -0.2) is 18.5 Å². The predicted octanol–water partition coefficient (Wildman–Crippen LogP) is 0.659. The van der Waals surface area contributed by atoms with Crippen LogP contribution in [0.3, 0.4) is 0 Å². The second-order valence-electron chi connectivity index (χ2n) is 5.04. The van der Waals surface area contributed by atoms with Crippen LogP contribution < -0.4 is 9.88 Å². The maximum atomic E-state index is 11.5. The number of nitrogens with two attached hydrogens (primary N) is 1. The number of rotatable bonds is 6. The maximum absolute atomic E-state index is 11.5. The zero-order chi connectivity index (χ0) is 15.7. The highest BCUT2D eigenvalue weighted by Gasteiger charge is 2.34. The fourth-order valence-corrected chi connectivity index (χ4v) is 3.34. The monoisotopic (exact) mass is 313 g/mol. The molecule has 21 heavy (non-hydrogen) atoms. The molecule has 2 N–H and O–H groups in total. The van der Waals surface area contributed by atoms with E-state index in [-0.39, 0.29) is 5.75 Å². The Hall–Kier alpha value is -1.74. The summed E-state index contributed by atoms with van der Waals surface area (Å²) in [7, 11) is -3.66. The van der Waals surface area contributed by atoms with Crippen LogP contribution in [0.2, 0.25) is 0 Å². The van der Waals surface area contributed by atoms with E-state index in [1.54, 1.807) is 6.07 Å². The minimum absolute atomic E-state index is 0.260. The Balaban J connectivity index is 2.40. The van der Waals surface area contributed by atoms with Crippen molar-refractivity contribution in [1.82, 2.24) is 19.8 Å². The number of ether oxygens (including phenoxy) is 1. The normalized spacial score (nSPS) is 12.8. The van der Waals surface area contributed by atoms with Gasteiger partial charge in [0, 0.05) is 5.56 Å². The first-order chi connectivity index (χ1) is 9.78. The fourth-order valence-electron chi connectivity index (χ4n) is 2.14. The van der Waals surface area contributed by atoms with Gasteiger partial charge < -0.3 is 4.74 Å². The summed E-state index contributed by atoms with van der Waals surface area (Å²) in [4.78, 5) is 4.03. The minimum Gasteiger partial charge on any atom is -0.469 e. The van der Waals surface area contributed by atoms with E-state index in [0.717, 1.165) is 5.56 Å². The molecule has 2 heterocycles. The van der Waals surface area contributed by atoms with Crippen LogP contribution in [0.1, 0.15) is 32.3 Å². The predicted molar refractivity (Wildman–Crippen MR) is 77.4 cm³/mol. The molecule has 8 nitrogen and oxygen atoms in total. The van der Waals surface area contributed by atoms with Crippen LogP contribution in [-0.2, 0) is 10.0 Å². The summed E-state index contributed by atoms with van der Waals surface area (Å²) in [6, 6.07) is 1.78. The van der Waals surface area contributed by atoms with Gasteiger partial charge in [0.2, 0.25) is 15.9 Å². The van der Waals surface area contributed by atoms with Gasteiger partial charge in [-0.15, -0.1) is 14.8 Å². The number of primary sulfonamides is 1. The number of hydrogen-bond donors (Lipinski definition) is 1. The zero-order valence-electron chi connectivity index (χ0n) is 12.3. The van der Waals surface area contributed by atoms with E-state index >= 15 is 0 Å². The SMILES string of the molecule is CCC(CC)(CS(N)(=O)=O)Oc1nn2ncnc2cc1C. The molecule has 0 amide bonds. The van der Waals surface area contributed by atoms with E-state index in [4.69, 9.17) is 9.88 Å². The highest BCUT2D eigenvalue weighted by Crippen LogP contribution is 2.27. The van der Waals surface area contributed by atoms with Crippen LogP contribution in [0.25, 0.3) is 5.65 Å². The molecule has 2 aromatic heterocycles. The van der Waals surface area contributed by atoms with Crippen molar-refractivity contribution >= 4 is 15.7 Å². The lowest BCUT2D eigenvalue weighted by Gasteiger charge is -2.31. The van der Waals surface area contributed by atoms with Crippen molar-refractivity contribution in [2.24, 2.45) is 5.14 Å².